The molecule has 0 bridgehead atoms. The topological polar surface area (TPSA) is 59.3 Å². The minimum Gasteiger partial charge on any atom is -0.342 e. The number of benzene rings is 2. The minimum absolute atomic E-state index is 0.356. The molecule has 4 aromatic rings. The molecule has 0 radical (unpaired) electrons. The predicted octanol–water partition coefficient (Wildman–Crippen LogP) is 4.91. The first kappa shape index (κ1) is 19.6. The Morgan fingerprint density at radius 3 is 2.40 bits per heavy atom. The van der Waals surface area contributed by atoms with Gasteiger partial charge in [0.15, 0.2) is 11.5 Å². The number of nitrogens with zero attached hydrogens (tertiary/aromatic N) is 3. The molecule has 2 aromatic heterocycles. The van der Waals surface area contributed by atoms with Gasteiger partial charge in [-0.1, -0.05) is 36.4 Å². The summed E-state index contributed by atoms with van der Waals surface area (Å²) in [7, 11) is 0. The van der Waals surface area contributed by atoms with E-state index in [9.17, 15) is 18.0 Å². The Morgan fingerprint density at radius 2 is 1.67 bits per heavy atom. The van der Waals surface area contributed by atoms with E-state index in [1.54, 1.807) is 35.6 Å². The summed E-state index contributed by atoms with van der Waals surface area (Å²) in [5, 5.41) is 11.1. The first-order chi connectivity index (χ1) is 14.3. The van der Waals surface area contributed by atoms with Crippen LogP contribution in [0.15, 0.2) is 72.9 Å². The Morgan fingerprint density at radius 1 is 0.967 bits per heavy atom. The van der Waals surface area contributed by atoms with Crippen LogP contribution < -0.4 is 5.32 Å². The van der Waals surface area contributed by atoms with E-state index in [-0.39, 0.29) is 5.91 Å². The van der Waals surface area contributed by atoms with Crippen LogP contribution in [0.3, 0.4) is 0 Å². The highest BCUT2D eigenvalue weighted by Crippen LogP contribution is 2.32. The Bertz CT molecular complexity index is 1200. The van der Waals surface area contributed by atoms with Crippen LogP contribution in [-0.2, 0) is 6.18 Å². The third kappa shape index (κ3) is 3.76. The quantitative estimate of drug-likeness (QED) is 0.520. The Kier molecular flexibility index (Phi) is 4.99. The lowest BCUT2D eigenvalue weighted by atomic mass is 9.98. The second kappa shape index (κ2) is 7.62. The lowest BCUT2D eigenvalue weighted by Crippen LogP contribution is -2.28. The van der Waals surface area contributed by atoms with E-state index in [1.165, 1.54) is 12.1 Å². The molecule has 0 aliphatic heterocycles. The molecule has 0 saturated carbocycles. The Hall–Kier alpha value is -3.68. The molecule has 2 heterocycles. The summed E-state index contributed by atoms with van der Waals surface area (Å²) in [6, 6.07) is 16.6. The zero-order valence-corrected chi connectivity index (χ0v) is 15.9. The van der Waals surface area contributed by atoms with Crippen LogP contribution >= 0.6 is 0 Å². The van der Waals surface area contributed by atoms with E-state index in [1.807, 2.05) is 24.4 Å². The number of carbonyl (C=O) groups is 1. The monoisotopic (exact) mass is 410 g/mol. The van der Waals surface area contributed by atoms with Gasteiger partial charge in [0.05, 0.1) is 11.6 Å². The molecule has 0 aliphatic rings. The molecule has 8 heteroatoms. The number of hydrogen-bond donors (Lipinski definition) is 1. The number of nitrogens with one attached hydrogen (secondary N) is 1. The smallest absolute Gasteiger partial charge is 0.342 e. The third-order valence-electron chi connectivity index (χ3n) is 4.77. The summed E-state index contributed by atoms with van der Waals surface area (Å²) in [5.41, 5.74) is 1.36. The first-order valence-electron chi connectivity index (χ1n) is 9.22. The van der Waals surface area contributed by atoms with Crippen LogP contribution in [-0.4, -0.2) is 20.5 Å². The highest BCUT2D eigenvalue weighted by molar-refractivity contribution is 6.01. The molecule has 2 aromatic carbocycles. The fourth-order valence-corrected chi connectivity index (χ4v) is 3.27. The number of halogens is 3. The number of alkyl halides is 3. The summed E-state index contributed by atoms with van der Waals surface area (Å²) in [4.78, 5) is 13.0. The van der Waals surface area contributed by atoms with Crippen molar-refractivity contribution in [3.63, 3.8) is 0 Å². The molecule has 152 valence electrons. The lowest BCUT2D eigenvalue weighted by molar-refractivity contribution is -0.137. The first-order valence-corrected chi connectivity index (χ1v) is 9.22. The second-order valence-corrected chi connectivity index (χ2v) is 6.80. The van der Waals surface area contributed by atoms with E-state index in [0.29, 0.717) is 28.2 Å². The van der Waals surface area contributed by atoms with E-state index in [4.69, 9.17) is 0 Å². The normalized spacial score (nSPS) is 12.7. The molecule has 1 atom stereocenters. The number of hydrogen-bond acceptors (Lipinski definition) is 3. The molecule has 1 amide bonds. The van der Waals surface area contributed by atoms with E-state index >= 15 is 0 Å². The average molecular weight is 410 g/mol. The van der Waals surface area contributed by atoms with Gasteiger partial charge in [0, 0.05) is 11.8 Å². The van der Waals surface area contributed by atoms with Crippen molar-refractivity contribution in [2.75, 3.05) is 0 Å². The molecule has 30 heavy (non-hydrogen) atoms. The number of pyridine rings is 1. The van der Waals surface area contributed by atoms with Crippen molar-refractivity contribution in [1.82, 2.24) is 19.9 Å². The van der Waals surface area contributed by atoms with Gasteiger partial charge in [-0.25, -0.2) is 0 Å². The fourth-order valence-electron chi connectivity index (χ4n) is 3.27. The van der Waals surface area contributed by atoms with E-state index in [2.05, 4.69) is 15.5 Å². The van der Waals surface area contributed by atoms with Crippen LogP contribution in [0.2, 0.25) is 0 Å². The van der Waals surface area contributed by atoms with Gasteiger partial charge in [-0.2, -0.15) is 13.2 Å². The van der Waals surface area contributed by atoms with Crippen molar-refractivity contribution < 1.29 is 18.0 Å². The zero-order valence-electron chi connectivity index (χ0n) is 15.9. The fraction of sp³-hybridized carbons (Fsp3) is 0.136. The van der Waals surface area contributed by atoms with Gasteiger partial charge in [-0.3, -0.25) is 9.20 Å². The van der Waals surface area contributed by atoms with Crippen LogP contribution in [0.4, 0.5) is 13.2 Å². The van der Waals surface area contributed by atoms with Crippen molar-refractivity contribution in [3.8, 4) is 11.1 Å². The summed E-state index contributed by atoms with van der Waals surface area (Å²) in [6.07, 6.45) is -2.60. The van der Waals surface area contributed by atoms with Crippen molar-refractivity contribution in [3.05, 3.63) is 89.9 Å². The predicted molar refractivity (Wildman–Crippen MR) is 106 cm³/mol. The largest absolute Gasteiger partial charge is 0.416 e. The summed E-state index contributed by atoms with van der Waals surface area (Å²) in [5.74, 6) is 0.219. The second-order valence-electron chi connectivity index (χ2n) is 6.80. The summed E-state index contributed by atoms with van der Waals surface area (Å²) in [6.45, 7) is 1.79. The number of aromatic nitrogens is 3. The Balaban J connectivity index is 1.61. The summed E-state index contributed by atoms with van der Waals surface area (Å²) >= 11 is 0. The van der Waals surface area contributed by atoms with Gasteiger partial charge in [-0.05, 0) is 48.4 Å². The number of rotatable bonds is 4. The molecule has 0 saturated heterocycles. The maximum absolute atomic E-state index is 13.0. The standard InChI is InChI=1S/C22H17F3N4O/c1-14(20-28-27-19-8-4-5-13-29(19)20)26-21(30)18-7-3-2-6-17(18)15-9-11-16(12-10-15)22(23,24)25/h2-14H,1H3,(H,26,30). The maximum Gasteiger partial charge on any atom is 0.416 e. The SMILES string of the molecule is CC(NC(=O)c1ccccc1-c1ccc(C(F)(F)F)cc1)c1nnc2ccccn12. The Labute approximate surface area is 170 Å². The van der Waals surface area contributed by atoms with Crippen LogP contribution in [0, 0.1) is 0 Å². The number of amides is 1. The average Bonchev–Trinajstić information content (AvgIpc) is 3.17. The van der Waals surface area contributed by atoms with Crippen molar-refractivity contribution >= 4 is 11.6 Å². The lowest BCUT2D eigenvalue weighted by Gasteiger charge is -2.15. The zero-order chi connectivity index (χ0) is 21.3. The molecule has 1 N–H and O–H groups in total. The molecular formula is C22H17F3N4O. The highest BCUT2D eigenvalue weighted by atomic mass is 19.4. The van der Waals surface area contributed by atoms with Crippen LogP contribution in [0.5, 0.6) is 0 Å². The summed E-state index contributed by atoms with van der Waals surface area (Å²) < 4.78 is 40.3. The van der Waals surface area contributed by atoms with E-state index < -0.39 is 17.8 Å². The third-order valence-corrected chi connectivity index (χ3v) is 4.77. The minimum atomic E-state index is -4.41. The van der Waals surface area contributed by atoms with Gasteiger partial charge in [0.25, 0.3) is 5.91 Å². The number of carbonyl (C=O) groups excluding carboxylic acids is 1. The van der Waals surface area contributed by atoms with Crippen LogP contribution in [0.1, 0.15) is 34.7 Å². The molecule has 0 fully saturated rings. The molecule has 0 aliphatic carbocycles. The molecule has 0 spiro atoms. The van der Waals surface area contributed by atoms with Crippen molar-refractivity contribution in [2.24, 2.45) is 0 Å². The van der Waals surface area contributed by atoms with Gasteiger partial charge in [0.2, 0.25) is 0 Å². The van der Waals surface area contributed by atoms with E-state index in [0.717, 1.165) is 12.1 Å². The van der Waals surface area contributed by atoms with Gasteiger partial charge in [-0.15, -0.1) is 10.2 Å². The van der Waals surface area contributed by atoms with Gasteiger partial charge < -0.3 is 5.32 Å². The molecular weight excluding hydrogens is 393 g/mol. The molecule has 4 rings (SSSR count). The van der Waals surface area contributed by atoms with Crippen molar-refractivity contribution in [1.29, 1.82) is 0 Å². The highest BCUT2D eigenvalue weighted by Gasteiger charge is 2.30. The molecule has 1 unspecified atom stereocenters. The molecule has 5 nitrogen and oxygen atoms in total. The van der Waals surface area contributed by atoms with Gasteiger partial charge >= 0.3 is 6.18 Å². The number of fused-ring (bicyclic) bond motifs is 1. The van der Waals surface area contributed by atoms with Gasteiger partial charge in [0.1, 0.15) is 0 Å². The van der Waals surface area contributed by atoms with Crippen LogP contribution in [0.25, 0.3) is 16.8 Å². The van der Waals surface area contributed by atoms with Crippen molar-refractivity contribution in [2.45, 2.75) is 19.1 Å². The maximum atomic E-state index is 13.0.